The Morgan fingerprint density at radius 2 is 2.20 bits per heavy atom. The minimum atomic E-state index is -0.717. The Hall–Kier alpha value is -1.81. The van der Waals surface area contributed by atoms with Gasteiger partial charge in [0.25, 0.3) is 0 Å². The van der Waals surface area contributed by atoms with Gasteiger partial charge in [0, 0.05) is 23.8 Å². The third-order valence-electron chi connectivity index (χ3n) is 4.14. The summed E-state index contributed by atoms with van der Waals surface area (Å²) in [4.78, 5) is 16.6. The second kappa shape index (κ2) is 5.67. The number of rotatable bonds is 4. The van der Waals surface area contributed by atoms with Gasteiger partial charge >= 0.3 is 5.97 Å². The van der Waals surface area contributed by atoms with Crippen LogP contribution in [0.5, 0.6) is 0 Å². The summed E-state index contributed by atoms with van der Waals surface area (Å²) in [7, 11) is 0. The Labute approximate surface area is 118 Å². The molecule has 1 atom stereocenters. The van der Waals surface area contributed by atoms with Gasteiger partial charge in [-0.2, -0.15) is 0 Å². The molecule has 0 amide bonds. The second-order valence-corrected chi connectivity index (χ2v) is 5.50. The largest absolute Gasteiger partial charge is 0.481 e. The fraction of sp³-hybridized carbons (Fsp3) is 0.438. The maximum atomic E-state index is 10.8. The van der Waals surface area contributed by atoms with E-state index in [1.165, 1.54) is 17.5 Å². The first kappa shape index (κ1) is 13.2. The normalized spacial score (nSPS) is 20.3. The molecule has 106 valence electrons. The van der Waals surface area contributed by atoms with Gasteiger partial charge in [-0.05, 0) is 36.9 Å². The molecular weight excluding hydrogens is 252 g/mol. The molecule has 0 radical (unpaired) electrons. The molecule has 20 heavy (non-hydrogen) atoms. The van der Waals surface area contributed by atoms with Crippen molar-refractivity contribution in [2.75, 3.05) is 13.1 Å². The second-order valence-electron chi connectivity index (χ2n) is 5.50. The topological polar surface area (TPSA) is 56.3 Å². The zero-order valence-corrected chi connectivity index (χ0v) is 11.5. The lowest BCUT2D eigenvalue weighted by atomic mass is 9.99. The molecule has 0 bridgehead atoms. The molecule has 0 aliphatic carbocycles. The molecule has 2 aromatic rings. The molecule has 2 heterocycles. The molecule has 3 rings (SSSR count). The van der Waals surface area contributed by atoms with Gasteiger partial charge in [0.2, 0.25) is 0 Å². The first-order valence-electron chi connectivity index (χ1n) is 7.27. The Morgan fingerprint density at radius 1 is 1.35 bits per heavy atom. The zero-order chi connectivity index (χ0) is 13.9. The van der Waals surface area contributed by atoms with Gasteiger partial charge in [-0.3, -0.25) is 9.69 Å². The van der Waals surface area contributed by atoms with Gasteiger partial charge in [-0.1, -0.05) is 24.6 Å². The smallest absolute Gasteiger partial charge is 0.304 e. The minimum Gasteiger partial charge on any atom is -0.481 e. The molecule has 2 N–H and O–H groups in total. The number of benzene rings is 1. The molecule has 1 fully saturated rings. The summed E-state index contributed by atoms with van der Waals surface area (Å²) in [6, 6.07) is 10.8. The molecule has 4 nitrogen and oxygen atoms in total. The van der Waals surface area contributed by atoms with E-state index < -0.39 is 5.97 Å². The highest BCUT2D eigenvalue weighted by atomic mass is 16.4. The Kier molecular flexibility index (Phi) is 3.74. The monoisotopic (exact) mass is 272 g/mol. The van der Waals surface area contributed by atoms with Crippen molar-refractivity contribution in [3.63, 3.8) is 0 Å². The van der Waals surface area contributed by atoms with Crippen LogP contribution in [0.1, 0.15) is 37.4 Å². The standard InChI is InChI=1S/C16H20N2O2/c19-16(20)8-10-18-9-4-3-7-15(18)14-11-12-5-1-2-6-13(12)17-14/h1-2,5-6,11,15,17H,3-4,7-10H2,(H,19,20)/t15-/m0/s1. The summed E-state index contributed by atoms with van der Waals surface area (Å²) in [5.41, 5.74) is 2.38. The van der Waals surface area contributed by atoms with Gasteiger partial charge in [0.1, 0.15) is 0 Å². The summed E-state index contributed by atoms with van der Waals surface area (Å²) in [5, 5.41) is 10.1. The molecule has 1 saturated heterocycles. The van der Waals surface area contributed by atoms with Crippen LogP contribution in [0.3, 0.4) is 0 Å². The van der Waals surface area contributed by atoms with E-state index in [4.69, 9.17) is 5.11 Å². The third-order valence-corrected chi connectivity index (χ3v) is 4.14. The van der Waals surface area contributed by atoms with Crippen molar-refractivity contribution in [2.24, 2.45) is 0 Å². The average Bonchev–Trinajstić information content (AvgIpc) is 2.89. The highest BCUT2D eigenvalue weighted by Crippen LogP contribution is 2.32. The number of nitrogens with zero attached hydrogens (tertiary/aromatic N) is 1. The van der Waals surface area contributed by atoms with Crippen LogP contribution in [0.2, 0.25) is 0 Å². The molecule has 0 saturated carbocycles. The van der Waals surface area contributed by atoms with E-state index in [2.05, 4.69) is 28.1 Å². The maximum Gasteiger partial charge on any atom is 0.304 e. The fourth-order valence-corrected chi connectivity index (χ4v) is 3.13. The molecule has 1 aromatic heterocycles. The van der Waals surface area contributed by atoms with Gasteiger partial charge < -0.3 is 10.1 Å². The number of carboxylic acid groups (broad SMARTS) is 1. The Bertz CT molecular complexity index is 572. The Balaban J connectivity index is 1.83. The van der Waals surface area contributed by atoms with Crippen LogP contribution >= 0.6 is 0 Å². The van der Waals surface area contributed by atoms with Gasteiger partial charge in [-0.15, -0.1) is 0 Å². The number of aromatic nitrogens is 1. The van der Waals surface area contributed by atoms with E-state index in [1.807, 2.05) is 12.1 Å². The number of nitrogens with one attached hydrogen (secondary N) is 1. The van der Waals surface area contributed by atoms with Crippen LogP contribution in [0.15, 0.2) is 30.3 Å². The first-order valence-corrected chi connectivity index (χ1v) is 7.27. The number of para-hydroxylation sites is 1. The van der Waals surface area contributed by atoms with Crippen molar-refractivity contribution in [1.29, 1.82) is 0 Å². The number of hydrogen-bond donors (Lipinski definition) is 2. The zero-order valence-electron chi connectivity index (χ0n) is 11.5. The number of carbonyl (C=O) groups is 1. The molecule has 4 heteroatoms. The van der Waals surface area contributed by atoms with Crippen LogP contribution in [-0.4, -0.2) is 34.0 Å². The predicted octanol–water partition coefficient (Wildman–Crippen LogP) is 3.17. The summed E-state index contributed by atoms with van der Waals surface area (Å²) < 4.78 is 0. The SMILES string of the molecule is O=C(O)CCN1CCCC[C@H]1c1cc2ccccc2[nH]1. The van der Waals surface area contributed by atoms with Crippen LogP contribution in [0.25, 0.3) is 10.9 Å². The van der Waals surface area contributed by atoms with E-state index in [9.17, 15) is 4.79 Å². The molecule has 1 aromatic carbocycles. The van der Waals surface area contributed by atoms with Crippen molar-refractivity contribution in [2.45, 2.75) is 31.7 Å². The van der Waals surface area contributed by atoms with E-state index in [1.54, 1.807) is 0 Å². The van der Waals surface area contributed by atoms with E-state index in [-0.39, 0.29) is 6.42 Å². The fourth-order valence-electron chi connectivity index (χ4n) is 3.13. The van der Waals surface area contributed by atoms with Crippen molar-refractivity contribution in [3.8, 4) is 0 Å². The first-order chi connectivity index (χ1) is 9.74. The average molecular weight is 272 g/mol. The van der Waals surface area contributed by atoms with Crippen LogP contribution in [-0.2, 0) is 4.79 Å². The number of likely N-dealkylation sites (tertiary alicyclic amines) is 1. The van der Waals surface area contributed by atoms with E-state index >= 15 is 0 Å². The third kappa shape index (κ3) is 2.70. The number of piperidine rings is 1. The lowest BCUT2D eigenvalue weighted by Gasteiger charge is -2.34. The Morgan fingerprint density at radius 3 is 3.00 bits per heavy atom. The van der Waals surface area contributed by atoms with E-state index in [0.717, 1.165) is 24.9 Å². The molecule has 0 unspecified atom stereocenters. The number of hydrogen-bond acceptors (Lipinski definition) is 2. The van der Waals surface area contributed by atoms with Crippen molar-refractivity contribution < 1.29 is 9.90 Å². The lowest BCUT2D eigenvalue weighted by Crippen LogP contribution is -2.35. The molecule has 0 spiro atoms. The van der Waals surface area contributed by atoms with Crippen molar-refractivity contribution in [3.05, 3.63) is 36.0 Å². The summed E-state index contributed by atoms with van der Waals surface area (Å²) in [5.74, 6) is -0.717. The number of carboxylic acids is 1. The lowest BCUT2D eigenvalue weighted by molar-refractivity contribution is -0.137. The highest BCUT2D eigenvalue weighted by molar-refractivity contribution is 5.80. The van der Waals surface area contributed by atoms with Gasteiger partial charge in [-0.25, -0.2) is 0 Å². The van der Waals surface area contributed by atoms with Crippen LogP contribution in [0.4, 0.5) is 0 Å². The summed E-state index contributed by atoms with van der Waals surface area (Å²) >= 11 is 0. The summed E-state index contributed by atoms with van der Waals surface area (Å²) in [6.07, 6.45) is 3.70. The number of H-pyrrole nitrogens is 1. The van der Waals surface area contributed by atoms with Crippen molar-refractivity contribution >= 4 is 16.9 Å². The molecule has 1 aliphatic heterocycles. The summed E-state index contributed by atoms with van der Waals surface area (Å²) in [6.45, 7) is 1.63. The van der Waals surface area contributed by atoms with Crippen LogP contribution < -0.4 is 0 Å². The van der Waals surface area contributed by atoms with Crippen molar-refractivity contribution in [1.82, 2.24) is 9.88 Å². The van der Waals surface area contributed by atoms with E-state index in [0.29, 0.717) is 12.6 Å². The van der Waals surface area contributed by atoms with Gasteiger partial charge in [0.15, 0.2) is 0 Å². The number of aliphatic carboxylic acids is 1. The molecule has 1 aliphatic rings. The van der Waals surface area contributed by atoms with Gasteiger partial charge in [0.05, 0.1) is 6.42 Å². The molecular formula is C16H20N2O2. The number of fused-ring (bicyclic) bond motifs is 1. The minimum absolute atomic E-state index is 0.219. The number of aromatic amines is 1. The maximum absolute atomic E-state index is 10.8. The van der Waals surface area contributed by atoms with Crippen LogP contribution in [0, 0.1) is 0 Å². The quantitative estimate of drug-likeness (QED) is 0.898. The highest BCUT2D eigenvalue weighted by Gasteiger charge is 2.25. The predicted molar refractivity (Wildman–Crippen MR) is 78.7 cm³/mol.